The van der Waals surface area contributed by atoms with E-state index in [1.165, 1.54) is 32.7 Å². The number of fused-ring (bicyclic) bond motifs is 1. The summed E-state index contributed by atoms with van der Waals surface area (Å²) in [4.78, 5) is 3.58. The molecule has 0 saturated carbocycles. The second kappa shape index (κ2) is 6.00. The van der Waals surface area contributed by atoms with Gasteiger partial charge in [0.1, 0.15) is 0 Å². The molecular weight excluding hydrogens is 274 g/mol. The lowest BCUT2D eigenvalue weighted by atomic mass is 10.0. The lowest BCUT2D eigenvalue weighted by molar-refractivity contribution is 0.419. The zero-order valence-electron chi connectivity index (χ0n) is 12.9. The SMILES string of the molecule is CC1=C(CCN(C)C)c2ccccc2/C1=C\c1cccs1. The van der Waals surface area contributed by atoms with E-state index in [0.717, 1.165) is 13.0 Å². The Hall–Kier alpha value is -1.64. The van der Waals surface area contributed by atoms with Gasteiger partial charge in [0.15, 0.2) is 0 Å². The summed E-state index contributed by atoms with van der Waals surface area (Å²) in [5, 5.41) is 2.14. The van der Waals surface area contributed by atoms with Crippen molar-refractivity contribution in [1.29, 1.82) is 0 Å². The fraction of sp³-hybridized carbons (Fsp3) is 0.263. The van der Waals surface area contributed by atoms with Crippen molar-refractivity contribution in [3.8, 4) is 0 Å². The first-order valence-corrected chi connectivity index (χ1v) is 8.24. The second-order valence-corrected chi connectivity index (χ2v) is 6.76. The van der Waals surface area contributed by atoms with Gasteiger partial charge in [-0.3, -0.25) is 0 Å². The molecule has 108 valence electrons. The van der Waals surface area contributed by atoms with Gasteiger partial charge in [-0.2, -0.15) is 0 Å². The number of hydrogen-bond donors (Lipinski definition) is 0. The van der Waals surface area contributed by atoms with Crippen molar-refractivity contribution >= 4 is 28.6 Å². The van der Waals surface area contributed by atoms with Gasteiger partial charge in [-0.1, -0.05) is 30.3 Å². The summed E-state index contributed by atoms with van der Waals surface area (Å²) in [7, 11) is 4.28. The van der Waals surface area contributed by atoms with Gasteiger partial charge in [0.2, 0.25) is 0 Å². The molecule has 0 saturated heterocycles. The molecule has 1 nitrogen and oxygen atoms in total. The highest BCUT2D eigenvalue weighted by atomic mass is 32.1. The molecule has 1 aliphatic rings. The molecule has 0 unspecified atom stereocenters. The van der Waals surface area contributed by atoms with Crippen molar-refractivity contribution in [2.24, 2.45) is 0 Å². The first-order valence-electron chi connectivity index (χ1n) is 7.36. The molecule has 21 heavy (non-hydrogen) atoms. The normalized spacial score (nSPS) is 16.1. The summed E-state index contributed by atoms with van der Waals surface area (Å²) in [5.41, 5.74) is 7.13. The third kappa shape index (κ3) is 2.87. The van der Waals surface area contributed by atoms with Gasteiger partial charge in [-0.15, -0.1) is 11.3 Å². The van der Waals surface area contributed by atoms with Crippen molar-refractivity contribution in [2.45, 2.75) is 13.3 Å². The van der Waals surface area contributed by atoms with Crippen molar-refractivity contribution < 1.29 is 0 Å². The van der Waals surface area contributed by atoms with Crippen LogP contribution in [0.2, 0.25) is 0 Å². The zero-order valence-corrected chi connectivity index (χ0v) is 13.7. The largest absolute Gasteiger partial charge is 0.309 e. The van der Waals surface area contributed by atoms with Crippen LogP contribution in [0, 0.1) is 0 Å². The molecule has 1 aliphatic carbocycles. The lowest BCUT2D eigenvalue weighted by Crippen LogP contribution is -2.13. The smallest absolute Gasteiger partial charge is 0.0276 e. The zero-order chi connectivity index (χ0) is 14.8. The molecule has 3 rings (SSSR count). The number of allylic oxidation sites excluding steroid dienone is 2. The Morgan fingerprint density at radius 1 is 1.05 bits per heavy atom. The average Bonchev–Trinajstić information content (AvgIpc) is 3.06. The maximum atomic E-state index is 2.33. The van der Waals surface area contributed by atoms with Crippen molar-refractivity contribution in [1.82, 2.24) is 4.90 Å². The highest BCUT2D eigenvalue weighted by molar-refractivity contribution is 7.10. The van der Waals surface area contributed by atoms with Gasteiger partial charge >= 0.3 is 0 Å². The predicted molar refractivity (Wildman–Crippen MR) is 94.4 cm³/mol. The van der Waals surface area contributed by atoms with Gasteiger partial charge in [-0.05, 0) is 72.8 Å². The highest BCUT2D eigenvalue weighted by Crippen LogP contribution is 2.43. The van der Waals surface area contributed by atoms with Gasteiger partial charge < -0.3 is 4.90 Å². The number of nitrogens with zero attached hydrogens (tertiary/aromatic N) is 1. The Morgan fingerprint density at radius 3 is 2.48 bits per heavy atom. The van der Waals surface area contributed by atoms with E-state index in [-0.39, 0.29) is 0 Å². The molecule has 0 amide bonds. The first-order chi connectivity index (χ1) is 10.2. The number of rotatable bonds is 4. The summed E-state index contributed by atoms with van der Waals surface area (Å²) < 4.78 is 0. The highest BCUT2D eigenvalue weighted by Gasteiger charge is 2.22. The molecule has 0 radical (unpaired) electrons. The summed E-state index contributed by atoms with van der Waals surface area (Å²) in [6.07, 6.45) is 3.44. The molecule has 1 aromatic carbocycles. The Balaban J connectivity index is 2.04. The quantitative estimate of drug-likeness (QED) is 0.765. The van der Waals surface area contributed by atoms with E-state index in [1.807, 2.05) is 0 Å². The van der Waals surface area contributed by atoms with Gasteiger partial charge in [-0.25, -0.2) is 0 Å². The molecule has 2 heteroatoms. The summed E-state index contributed by atoms with van der Waals surface area (Å²) in [5.74, 6) is 0. The topological polar surface area (TPSA) is 3.24 Å². The second-order valence-electron chi connectivity index (χ2n) is 5.78. The fourth-order valence-corrected chi connectivity index (χ4v) is 3.56. The van der Waals surface area contributed by atoms with E-state index in [1.54, 1.807) is 11.3 Å². The Bertz CT molecular complexity index is 690. The maximum absolute atomic E-state index is 2.33. The van der Waals surface area contributed by atoms with Crippen LogP contribution >= 0.6 is 11.3 Å². The van der Waals surface area contributed by atoms with E-state index in [0.29, 0.717) is 0 Å². The van der Waals surface area contributed by atoms with Gasteiger partial charge in [0.05, 0.1) is 0 Å². The average molecular weight is 295 g/mol. The molecular formula is C19H21NS. The van der Waals surface area contributed by atoms with Crippen LogP contribution in [0.15, 0.2) is 47.4 Å². The maximum Gasteiger partial charge on any atom is 0.0276 e. The summed E-state index contributed by atoms with van der Waals surface area (Å²) in [6.45, 7) is 3.36. The van der Waals surface area contributed by atoms with Crippen molar-refractivity contribution in [3.05, 3.63) is 63.4 Å². The van der Waals surface area contributed by atoms with Crippen LogP contribution in [0.4, 0.5) is 0 Å². The van der Waals surface area contributed by atoms with Crippen molar-refractivity contribution in [3.63, 3.8) is 0 Å². The molecule has 0 atom stereocenters. The fourth-order valence-electron chi connectivity index (χ4n) is 2.91. The molecule has 0 aliphatic heterocycles. The summed E-state index contributed by atoms with van der Waals surface area (Å²) >= 11 is 1.80. The monoisotopic (exact) mass is 295 g/mol. The lowest BCUT2D eigenvalue weighted by Gasteiger charge is -2.11. The first kappa shape index (κ1) is 14.3. The van der Waals surface area contributed by atoms with Gasteiger partial charge in [0, 0.05) is 11.4 Å². The minimum absolute atomic E-state index is 1.09. The molecule has 0 bridgehead atoms. The van der Waals surface area contributed by atoms with Crippen LogP contribution in [-0.4, -0.2) is 25.5 Å². The number of thiophene rings is 1. The van der Waals surface area contributed by atoms with Crippen LogP contribution < -0.4 is 0 Å². The van der Waals surface area contributed by atoms with E-state index in [4.69, 9.17) is 0 Å². The van der Waals surface area contributed by atoms with E-state index in [2.05, 4.69) is 73.8 Å². The third-order valence-electron chi connectivity index (χ3n) is 4.04. The molecule has 1 heterocycles. The number of benzene rings is 1. The van der Waals surface area contributed by atoms with E-state index >= 15 is 0 Å². The Morgan fingerprint density at radius 2 is 1.81 bits per heavy atom. The van der Waals surface area contributed by atoms with E-state index < -0.39 is 0 Å². The van der Waals surface area contributed by atoms with Crippen LogP contribution in [0.3, 0.4) is 0 Å². The minimum atomic E-state index is 1.09. The van der Waals surface area contributed by atoms with Crippen LogP contribution in [0.5, 0.6) is 0 Å². The predicted octanol–water partition coefficient (Wildman–Crippen LogP) is 5.03. The van der Waals surface area contributed by atoms with Crippen molar-refractivity contribution in [2.75, 3.05) is 20.6 Å². The van der Waals surface area contributed by atoms with Crippen LogP contribution in [-0.2, 0) is 0 Å². The molecule has 1 aromatic heterocycles. The third-order valence-corrected chi connectivity index (χ3v) is 4.86. The van der Waals surface area contributed by atoms with Gasteiger partial charge in [0.25, 0.3) is 0 Å². The number of hydrogen-bond acceptors (Lipinski definition) is 2. The van der Waals surface area contributed by atoms with Crippen LogP contribution in [0.25, 0.3) is 17.2 Å². The molecule has 0 spiro atoms. The molecule has 2 aromatic rings. The minimum Gasteiger partial charge on any atom is -0.309 e. The molecule has 0 N–H and O–H groups in total. The van der Waals surface area contributed by atoms with E-state index in [9.17, 15) is 0 Å². The molecule has 0 fully saturated rings. The van der Waals surface area contributed by atoms with Crippen LogP contribution in [0.1, 0.15) is 29.3 Å². The standard InChI is InChI=1S/C19H21NS/c1-14-16(10-11-20(2)3)17-8-4-5-9-18(17)19(14)13-15-7-6-12-21-15/h4-9,12-13H,10-11H2,1-3H3/b19-13-. The summed E-state index contributed by atoms with van der Waals surface area (Å²) in [6, 6.07) is 13.1. The Labute approximate surface area is 131 Å². The Kier molecular flexibility index (Phi) is 4.09.